The van der Waals surface area contributed by atoms with Crippen molar-refractivity contribution in [2.45, 2.75) is 50.0 Å². The van der Waals surface area contributed by atoms with E-state index in [1.807, 2.05) is 24.3 Å². The number of carbonyl (C=O) groups excluding carboxylic acids is 1. The molecule has 41 heavy (non-hydrogen) atoms. The molecular formula is C26H30F3N5O5S2. The van der Waals surface area contributed by atoms with Gasteiger partial charge in [-0.05, 0) is 40.8 Å². The number of piperazine rings is 1. The zero-order valence-corrected chi connectivity index (χ0v) is 24.4. The molecule has 2 heterocycles. The average molecular weight is 614 g/mol. The molecule has 1 N–H and O–H groups in total. The van der Waals surface area contributed by atoms with Crippen LogP contribution < -0.4 is 19.7 Å². The Morgan fingerprint density at radius 1 is 1.07 bits per heavy atom. The second-order valence-electron chi connectivity index (χ2n) is 10.3. The molecule has 1 aliphatic rings. The number of halogens is 3. The number of nitrogens with zero attached hydrogens (tertiary/aromatic N) is 4. The maximum atomic E-state index is 13.6. The van der Waals surface area contributed by atoms with E-state index in [1.165, 1.54) is 7.11 Å². The number of ether oxygens (including phenoxy) is 2. The summed E-state index contributed by atoms with van der Waals surface area (Å²) in [6.07, 6.45) is -4.92. The predicted molar refractivity (Wildman–Crippen MR) is 146 cm³/mol. The molecule has 0 bridgehead atoms. The highest BCUT2D eigenvalue weighted by Gasteiger charge is 2.41. The van der Waals surface area contributed by atoms with E-state index in [0.717, 1.165) is 51.2 Å². The van der Waals surface area contributed by atoms with Crippen LogP contribution in [-0.2, 0) is 26.8 Å². The van der Waals surface area contributed by atoms with E-state index in [4.69, 9.17) is 4.74 Å². The summed E-state index contributed by atoms with van der Waals surface area (Å²) in [6.45, 7) is 6.55. The van der Waals surface area contributed by atoms with Gasteiger partial charge in [-0.3, -0.25) is 4.79 Å². The number of amides is 1. The molecule has 0 unspecified atom stereocenters. The lowest BCUT2D eigenvalue weighted by Crippen LogP contribution is -2.60. The molecule has 0 saturated carbocycles. The van der Waals surface area contributed by atoms with Crippen molar-refractivity contribution in [3.05, 3.63) is 59.7 Å². The minimum Gasteiger partial charge on any atom is -0.466 e. The largest absolute Gasteiger partial charge is 0.573 e. The number of sulfonamides is 1. The number of alkyl halides is 3. The highest BCUT2D eigenvalue weighted by atomic mass is 32.2. The summed E-state index contributed by atoms with van der Waals surface area (Å²) in [7, 11) is -2.85. The summed E-state index contributed by atoms with van der Waals surface area (Å²) in [6, 6.07) is 10.6. The Hall–Kier alpha value is -3.43. The van der Waals surface area contributed by atoms with Crippen molar-refractivity contribution in [3.8, 4) is 11.8 Å². The normalized spacial score (nSPS) is 16.9. The molecule has 0 spiro atoms. The van der Waals surface area contributed by atoms with Gasteiger partial charge in [-0.1, -0.05) is 45.0 Å². The van der Waals surface area contributed by atoms with Crippen molar-refractivity contribution in [2.75, 3.05) is 31.6 Å². The SMILES string of the molecule is COc1nsc(N2CCN(S(=O)(=O)c3ccc(OC(F)(F)F)cc3)[C@@H](C(=O)NCc3ccc(C(C)(C)C)cc3)C2)n1. The third-order valence-electron chi connectivity index (χ3n) is 6.43. The first-order chi connectivity index (χ1) is 19.2. The molecule has 3 aromatic rings. The Bertz CT molecular complexity index is 1460. The highest BCUT2D eigenvalue weighted by Crippen LogP contribution is 2.29. The van der Waals surface area contributed by atoms with Crippen LogP contribution in [0.1, 0.15) is 31.9 Å². The number of aromatic nitrogens is 2. The van der Waals surface area contributed by atoms with Crippen molar-refractivity contribution in [3.63, 3.8) is 0 Å². The molecule has 1 atom stereocenters. The molecule has 4 rings (SSSR count). The topological polar surface area (TPSA) is 114 Å². The van der Waals surface area contributed by atoms with E-state index in [-0.39, 0.29) is 42.5 Å². The molecule has 1 fully saturated rings. The first kappa shape index (κ1) is 30.5. The van der Waals surface area contributed by atoms with Gasteiger partial charge >= 0.3 is 12.4 Å². The lowest BCUT2D eigenvalue weighted by molar-refractivity contribution is -0.274. The molecule has 1 saturated heterocycles. The Morgan fingerprint density at radius 3 is 2.29 bits per heavy atom. The van der Waals surface area contributed by atoms with Gasteiger partial charge in [0.2, 0.25) is 21.1 Å². The second kappa shape index (κ2) is 11.8. The first-order valence-corrected chi connectivity index (χ1v) is 14.8. The van der Waals surface area contributed by atoms with E-state index in [2.05, 4.69) is 40.2 Å². The predicted octanol–water partition coefficient (Wildman–Crippen LogP) is 3.94. The van der Waals surface area contributed by atoms with E-state index in [0.29, 0.717) is 5.13 Å². The van der Waals surface area contributed by atoms with Crippen LogP contribution in [0.3, 0.4) is 0 Å². The van der Waals surface area contributed by atoms with Gasteiger partial charge in [0, 0.05) is 37.7 Å². The van der Waals surface area contributed by atoms with E-state index >= 15 is 0 Å². The summed E-state index contributed by atoms with van der Waals surface area (Å²) < 4.78 is 78.9. The zero-order valence-electron chi connectivity index (χ0n) is 22.8. The standard InChI is InChI=1S/C26H30F3N5O5S2/c1-25(2,3)18-7-5-17(6-8-18)15-30-22(35)21-16-33(24-31-23(38-4)32-40-24)13-14-34(21)41(36,37)20-11-9-19(10-12-20)39-26(27,28)29/h5-12,21H,13-16H2,1-4H3,(H,30,35)/t21-/m1/s1. The smallest absolute Gasteiger partial charge is 0.466 e. The average Bonchev–Trinajstić information content (AvgIpc) is 3.40. The lowest BCUT2D eigenvalue weighted by Gasteiger charge is -2.39. The number of hydrogen-bond acceptors (Lipinski definition) is 9. The maximum Gasteiger partial charge on any atom is 0.573 e. The van der Waals surface area contributed by atoms with Crippen molar-refractivity contribution >= 4 is 32.6 Å². The third kappa shape index (κ3) is 7.45. The Balaban J connectivity index is 1.56. The lowest BCUT2D eigenvalue weighted by atomic mass is 9.87. The van der Waals surface area contributed by atoms with Gasteiger partial charge in [-0.15, -0.1) is 17.5 Å². The third-order valence-corrected chi connectivity index (χ3v) is 9.12. The van der Waals surface area contributed by atoms with Gasteiger partial charge in [-0.2, -0.15) is 9.29 Å². The quantitative estimate of drug-likeness (QED) is 0.407. The van der Waals surface area contributed by atoms with Crippen molar-refractivity contribution < 1.29 is 35.9 Å². The number of benzene rings is 2. The van der Waals surface area contributed by atoms with Crippen LogP contribution in [0.4, 0.5) is 18.3 Å². The van der Waals surface area contributed by atoms with Crippen molar-refractivity contribution in [1.29, 1.82) is 0 Å². The van der Waals surface area contributed by atoms with E-state index in [1.54, 1.807) is 4.90 Å². The molecule has 2 aromatic carbocycles. The summed E-state index contributed by atoms with van der Waals surface area (Å²) in [5, 5.41) is 3.29. The summed E-state index contributed by atoms with van der Waals surface area (Å²) in [5.74, 6) is -1.09. The van der Waals surface area contributed by atoms with Gasteiger partial charge in [0.15, 0.2) is 0 Å². The maximum absolute atomic E-state index is 13.6. The molecule has 0 aliphatic carbocycles. The highest BCUT2D eigenvalue weighted by molar-refractivity contribution is 7.89. The summed E-state index contributed by atoms with van der Waals surface area (Å²) >= 11 is 1.05. The number of carbonyl (C=O) groups is 1. The fourth-order valence-corrected chi connectivity index (χ4v) is 6.48. The van der Waals surface area contributed by atoms with Gasteiger partial charge < -0.3 is 19.7 Å². The molecule has 1 amide bonds. The van der Waals surface area contributed by atoms with Gasteiger partial charge in [0.1, 0.15) is 11.8 Å². The van der Waals surface area contributed by atoms with Crippen LogP contribution in [0.15, 0.2) is 53.4 Å². The van der Waals surface area contributed by atoms with Crippen LogP contribution >= 0.6 is 11.5 Å². The van der Waals surface area contributed by atoms with Gasteiger partial charge in [0.05, 0.1) is 12.0 Å². The van der Waals surface area contributed by atoms with Crippen LogP contribution in [0.5, 0.6) is 11.8 Å². The van der Waals surface area contributed by atoms with E-state index in [9.17, 15) is 26.4 Å². The minimum absolute atomic E-state index is 0.0261. The molecule has 222 valence electrons. The number of rotatable bonds is 8. The van der Waals surface area contributed by atoms with Gasteiger partial charge in [0.25, 0.3) is 0 Å². The summed E-state index contributed by atoms with van der Waals surface area (Å²) in [5.41, 5.74) is 1.93. The van der Waals surface area contributed by atoms with Gasteiger partial charge in [-0.25, -0.2) is 8.42 Å². The molecule has 15 heteroatoms. The minimum atomic E-state index is -4.92. The second-order valence-corrected chi connectivity index (χ2v) is 12.9. The molecule has 0 radical (unpaired) electrons. The number of hydrogen-bond donors (Lipinski definition) is 1. The van der Waals surface area contributed by atoms with Crippen molar-refractivity contribution in [1.82, 2.24) is 19.0 Å². The molecule has 1 aromatic heterocycles. The van der Waals surface area contributed by atoms with Crippen LogP contribution in [0.25, 0.3) is 0 Å². The van der Waals surface area contributed by atoms with Crippen molar-refractivity contribution in [2.24, 2.45) is 0 Å². The summed E-state index contributed by atoms with van der Waals surface area (Å²) in [4.78, 5) is 19.2. The number of anilines is 1. The fourth-order valence-electron chi connectivity index (χ4n) is 4.23. The molecular weight excluding hydrogens is 583 g/mol. The monoisotopic (exact) mass is 613 g/mol. The number of nitrogens with one attached hydrogen (secondary N) is 1. The first-order valence-electron chi connectivity index (χ1n) is 12.5. The van der Waals surface area contributed by atoms with E-state index < -0.39 is 34.1 Å². The molecule has 1 aliphatic heterocycles. The van der Waals surface area contributed by atoms with Crippen LogP contribution in [0, 0.1) is 0 Å². The fraction of sp³-hybridized carbons (Fsp3) is 0.423. The Kier molecular flexibility index (Phi) is 8.80. The number of methoxy groups -OCH3 is 1. The molecule has 10 nitrogen and oxygen atoms in total. The van der Waals surface area contributed by atoms with Crippen LogP contribution in [-0.4, -0.2) is 67.1 Å². The zero-order chi connectivity index (χ0) is 30.0. The van der Waals surface area contributed by atoms with Crippen LogP contribution in [0.2, 0.25) is 0 Å². The Morgan fingerprint density at radius 2 is 1.73 bits per heavy atom. The Labute approximate surface area is 240 Å².